The average molecular weight is 193 g/mol. The van der Waals surface area contributed by atoms with Gasteiger partial charge in [-0.15, -0.1) is 0 Å². The van der Waals surface area contributed by atoms with Gasteiger partial charge in [0.1, 0.15) is 5.82 Å². The summed E-state index contributed by atoms with van der Waals surface area (Å²) < 4.78 is 0. The molecule has 0 atom stereocenters. The van der Waals surface area contributed by atoms with E-state index in [-0.39, 0.29) is 5.56 Å². The highest BCUT2D eigenvalue weighted by atomic mass is 16.1. The zero-order valence-electron chi connectivity index (χ0n) is 8.42. The Kier molecular flexibility index (Phi) is 2.63. The number of hydrogen-bond acceptors (Lipinski definition) is 3. The fourth-order valence-electron chi connectivity index (χ4n) is 1.87. The molecule has 0 saturated carbocycles. The zero-order valence-corrected chi connectivity index (χ0v) is 8.42. The van der Waals surface area contributed by atoms with E-state index < -0.39 is 0 Å². The Labute approximate surface area is 83.0 Å². The van der Waals surface area contributed by atoms with Crippen LogP contribution in [-0.4, -0.2) is 28.0 Å². The van der Waals surface area contributed by atoms with Crippen molar-refractivity contribution in [2.45, 2.75) is 26.3 Å². The van der Waals surface area contributed by atoms with Crippen LogP contribution in [0.4, 0.5) is 0 Å². The Balaban J connectivity index is 2.11. The zero-order chi connectivity index (χ0) is 9.97. The van der Waals surface area contributed by atoms with E-state index in [1.165, 1.54) is 18.9 Å². The number of H-pyrrole nitrogens is 1. The van der Waals surface area contributed by atoms with Crippen molar-refractivity contribution in [3.05, 3.63) is 27.9 Å². The minimum Gasteiger partial charge on any atom is -0.309 e. The summed E-state index contributed by atoms with van der Waals surface area (Å²) in [6.07, 6.45) is 2.52. The van der Waals surface area contributed by atoms with Gasteiger partial charge in [-0.25, -0.2) is 4.98 Å². The summed E-state index contributed by atoms with van der Waals surface area (Å²) in [4.78, 5) is 20.6. The predicted octanol–water partition coefficient (Wildman–Crippen LogP) is 0.674. The molecule has 1 saturated heterocycles. The lowest BCUT2D eigenvalue weighted by Gasteiger charge is -2.13. The number of aryl methyl sites for hydroxylation is 1. The van der Waals surface area contributed by atoms with Crippen molar-refractivity contribution in [2.24, 2.45) is 0 Å². The first kappa shape index (κ1) is 9.40. The van der Waals surface area contributed by atoms with Crippen LogP contribution in [0.15, 0.2) is 10.9 Å². The van der Waals surface area contributed by atoms with Gasteiger partial charge in [0.2, 0.25) is 0 Å². The Morgan fingerprint density at radius 1 is 1.50 bits per heavy atom. The fraction of sp³-hybridized carbons (Fsp3) is 0.600. The molecule has 0 aromatic carbocycles. The lowest BCUT2D eigenvalue weighted by atomic mass is 10.4. The molecule has 2 heterocycles. The van der Waals surface area contributed by atoms with Crippen LogP contribution in [-0.2, 0) is 6.54 Å². The van der Waals surface area contributed by atoms with Crippen LogP contribution in [0.3, 0.4) is 0 Å². The Bertz CT molecular complexity index is 366. The number of nitrogens with one attached hydrogen (secondary N) is 1. The van der Waals surface area contributed by atoms with Gasteiger partial charge in [0.15, 0.2) is 0 Å². The first-order valence-electron chi connectivity index (χ1n) is 5.03. The van der Waals surface area contributed by atoms with Crippen LogP contribution in [0, 0.1) is 6.92 Å². The minimum atomic E-state index is -0.0494. The second kappa shape index (κ2) is 3.92. The molecule has 0 bridgehead atoms. The highest BCUT2D eigenvalue weighted by molar-refractivity contribution is 5.00. The van der Waals surface area contributed by atoms with Crippen LogP contribution in [0.1, 0.15) is 24.4 Å². The molecule has 4 nitrogen and oxygen atoms in total. The van der Waals surface area contributed by atoms with E-state index in [2.05, 4.69) is 14.9 Å². The van der Waals surface area contributed by atoms with E-state index >= 15 is 0 Å². The number of hydrogen-bond donors (Lipinski definition) is 1. The molecule has 1 aliphatic rings. The normalized spacial score (nSPS) is 17.5. The van der Waals surface area contributed by atoms with Crippen LogP contribution in [0.2, 0.25) is 0 Å². The van der Waals surface area contributed by atoms with Gasteiger partial charge in [-0.05, 0) is 32.9 Å². The molecular weight excluding hydrogens is 178 g/mol. The summed E-state index contributed by atoms with van der Waals surface area (Å²) in [5, 5.41) is 0. The summed E-state index contributed by atoms with van der Waals surface area (Å²) in [6, 6.07) is 1.52. The van der Waals surface area contributed by atoms with E-state index in [9.17, 15) is 4.79 Å². The smallest absolute Gasteiger partial charge is 0.251 e. The standard InChI is InChI=1S/C10H15N3O/c1-8-6-10(14)12-9(11-8)7-13-4-2-3-5-13/h6H,2-5,7H2,1H3,(H,11,12,14). The monoisotopic (exact) mass is 193 g/mol. The highest BCUT2D eigenvalue weighted by Gasteiger charge is 2.12. The maximum atomic E-state index is 11.2. The summed E-state index contributed by atoms with van der Waals surface area (Å²) in [7, 11) is 0. The molecule has 1 aliphatic heterocycles. The number of rotatable bonds is 2. The number of likely N-dealkylation sites (tertiary alicyclic amines) is 1. The fourth-order valence-corrected chi connectivity index (χ4v) is 1.87. The van der Waals surface area contributed by atoms with Crippen molar-refractivity contribution < 1.29 is 0 Å². The Morgan fingerprint density at radius 2 is 2.21 bits per heavy atom. The topological polar surface area (TPSA) is 49.0 Å². The highest BCUT2D eigenvalue weighted by Crippen LogP contribution is 2.09. The number of aromatic nitrogens is 2. The summed E-state index contributed by atoms with van der Waals surface area (Å²) >= 11 is 0. The summed E-state index contributed by atoms with van der Waals surface area (Å²) in [5.74, 6) is 0.789. The second-order valence-electron chi connectivity index (χ2n) is 3.82. The van der Waals surface area contributed by atoms with Gasteiger partial charge in [-0.3, -0.25) is 9.69 Å². The van der Waals surface area contributed by atoms with E-state index in [0.29, 0.717) is 0 Å². The average Bonchev–Trinajstić information content (AvgIpc) is 2.54. The Hall–Kier alpha value is -1.16. The van der Waals surface area contributed by atoms with Gasteiger partial charge < -0.3 is 4.98 Å². The van der Waals surface area contributed by atoms with Crippen LogP contribution in [0.5, 0.6) is 0 Å². The molecule has 1 aromatic heterocycles. The molecule has 0 unspecified atom stereocenters. The van der Waals surface area contributed by atoms with Gasteiger partial charge >= 0.3 is 0 Å². The Morgan fingerprint density at radius 3 is 2.86 bits per heavy atom. The second-order valence-corrected chi connectivity index (χ2v) is 3.82. The van der Waals surface area contributed by atoms with E-state index in [1.54, 1.807) is 0 Å². The van der Waals surface area contributed by atoms with Gasteiger partial charge in [0.25, 0.3) is 5.56 Å². The van der Waals surface area contributed by atoms with Gasteiger partial charge in [-0.2, -0.15) is 0 Å². The molecule has 14 heavy (non-hydrogen) atoms. The van der Waals surface area contributed by atoms with Crippen LogP contribution in [0.25, 0.3) is 0 Å². The molecule has 1 N–H and O–H groups in total. The van der Waals surface area contributed by atoms with Crippen molar-refractivity contribution in [1.29, 1.82) is 0 Å². The molecule has 0 radical (unpaired) electrons. The van der Waals surface area contributed by atoms with Crippen molar-refractivity contribution in [2.75, 3.05) is 13.1 Å². The molecule has 0 aliphatic carbocycles. The minimum absolute atomic E-state index is 0.0494. The molecular formula is C10H15N3O. The molecule has 76 valence electrons. The molecule has 0 amide bonds. The van der Waals surface area contributed by atoms with Crippen molar-refractivity contribution in [3.63, 3.8) is 0 Å². The maximum Gasteiger partial charge on any atom is 0.251 e. The van der Waals surface area contributed by atoms with E-state index in [0.717, 1.165) is 31.2 Å². The number of nitrogens with zero attached hydrogens (tertiary/aromatic N) is 2. The summed E-state index contributed by atoms with van der Waals surface area (Å²) in [6.45, 7) is 4.87. The van der Waals surface area contributed by atoms with Gasteiger partial charge in [0.05, 0.1) is 6.54 Å². The van der Waals surface area contributed by atoms with Crippen molar-refractivity contribution in [1.82, 2.24) is 14.9 Å². The molecule has 1 fully saturated rings. The van der Waals surface area contributed by atoms with Gasteiger partial charge in [0, 0.05) is 11.8 Å². The van der Waals surface area contributed by atoms with Gasteiger partial charge in [-0.1, -0.05) is 0 Å². The van der Waals surface area contributed by atoms with Crippen LogP contribution < -0.4 is 5.56 Å². The molecule has 2 rings (SSSR count). The summed E-state index contributed by atoms with van der Waals surface area (Å²) in [5.41, 5.74) is 0.745. The first-order chi connectivity index (χ1) is 6.74. The molecule has 4 heteroatoms. The van der Waals surface area contributed by atoms with E-state index in [1.807, 2.05) is 6.92 Å². The lowest BCUT2D eigenvalue weighted by molar-refractivity contribution is 0.321. The van der Waals surface area contributed by atoms with Crippen LogP contribution >= 0.6 is 0 Å². The molecule has 1 aromatic rings. The third kappa shape index (κ3) is 2.20. The first-order valence-corrected chi connectivity index (χ1v) is 5.03. The number of aromatic amines is 1. The maximum absolute atomic E-state index is 11.2. The van der Waals surface area contributed by atoms with Crippen molar-refractivity contribution in [3.8, 4) is 0 Å². The SMILES string of the molecule is Cc1cc(=O)[nH]c(CN2CCCC2)n1. The largest absolute Gasteiger partial charge is 0.309 e. The third-order valence-electron chi connectivity index (χ3n) is 2.49. The van der Waals surface area contributed by atoms with Crippen molar-refractivity contribution >= 4 is 0 Å². The van der Waals surface area contributed by atoms with E-state index in [4.69, 9.17) is 0 Å². The predicted molar refractivity (Wildman–Crippen MR) is 54.1 cm³/mol. The quantitative estimate of drug-likeness (QED) is 0.751. The third-order valence-corrected chi connectivity index (χ3v) is 2.49. The lowest BCUT2D eigenvalue weighted by Crippen LogP contribution is -2.22. The molecule has 0 spiro atoms.